The average Bonchev–Trinajstić information content (AvgIpc) is 2.22. The van der Waals surface area contributed by atoms with Gasteiger partial charge in [-0.2, -0.15) is 0 Å². The molecule has 0 aromatic rings. The predicted octanol–water partition coefficient (Wildman–Crippen LogP) is 1.21. The number of halogens is 1. The number of likely N-dealkylation sites (N-methyl/N-ethyl adjacent to an activating group) is 1. The van der Waals surface area contributed by atoms with Crippen LogP contribution in [0.25, 0.3) is 0 Å². The highest BCUT2D eigenvalue weighted by Crippen LogP contribution is 2.18. The van der Waals surface area contributed by atoms with Crippen LogP contribution in [-0.2, 0) is 0 Å². The van der Waals surface area contributed by atoms with Crippen LogP contribution in [0.15, 0.2) is 0 Å². The molecule has 0 saturated carbocycles. The number of hydrogen-bond donors (Lipinski definition) is 1. The van der Waals surface area contributed by atoms with Crippen molar-refractivity contribution >= 4 is 0 Å². The van der Waals surface area contributed by atoms with Crippen molar-refractivity contribution in [3.05, 3.63) is 0 Å². The van der Waals surface area contributed by atoms with E-state index in [0.29, 0.717) is 19.6 Å². The largest absolute Gasteiger partial charge is 0.310 e. The molecule has 0 amide bonds. The molecule has 1 N–H and O–H groups in total. The SMILES string of the molecule is C.CC.CN1CCN(CC2(F)CNC2)CC1. The summed E-state index contributed by atoms with van der Waals surface area (Å²) in [6, 6.07) is 0. The first-order chi connectivity index (χ1) is 7.18. The normalized spacial score (nSPS) is 24.8. The van der Waals surface area contributed by atoms with Crippen LogP contribution in [0.4, 0.5) is 4.39 Å². The summed E-state index contributed by atoms with van der Waals surface area (Å²) in [5.41, 5.74) is -0.935. The molecular formula is C12H28FN3. The molecule has 2 fully saturated rings. The fourth-order valence-electron chi connectivity index (χ4n) is 1.91. The molecule has 2 heterocycles. The van der Waals surface area contributed by atoms with Gasteiger partial charge in [-0.15, -0.1) is 0 Å². The molecular weight excluding hydrogens is 205 g/mol. The second kappa shape index (κ2) is 7.20. The van der Waals surface area contributed by atoms with Crippen LogP contribution in [0.5, 0.6) is 0 Å². The van der Waals surface area contributed by atoms with Crippen LogP contribution in [-0.4, -0.2) is 68.3 Å². The molecule has 0 radical (unpaired) electrons. The molecule has 98 valence electrons. The summed E-state index contributed by atoms with van der Waals surface area (Å²) in [4.78, 5) is 4.53. The van der Waals surface area contributed by atoms with E-state index in [0.717, 1.165) is 26.2 Å². The first kappa shape index (κ1) is 15.8. The molecule has 0 aromatic heterocycles. The van der Waals surface area contributed by atoms with Crippen LogP contribution in [0.1, 0.15) is 21.3 Å². The lowest BCUT2D eigenvalue weighted by Crippen LogP contribution is -2.63. The molecule has 4 heteroatoms. The minimum Gasteiger partial charge on any atom is -0.310 e. The second-order valence-electron chi connectivity index (χ2n) is 4.33. The van der Waals surface area contributed by atoms with Gasteiger partial charge in [0.25, 0.3) is 0 Å². The van der Waals surface area contributed by atoms with E-state index in [2.05, 4.69) is 22.2 Å². The van der Waals surface area contributed by atoms with Crippen molar-refractivity contribution in [2.24, 2.45) is 0 Å². The molecule has 0 unspecified atom stereocenters. The van der Waals surface area contributed by atoms with Gasteiger partial charge in [-0.1, -0.05) is 21.3 Å². The summed E-state index contributed by atoms with van der Waals surface area (Å²) in [5.74, 6) is 0. The lowest BCUT2D eigenvalue weighted by atomic mass is 9.98. The van der Waals surface area contributed by atoms with E-state index in [-0.39, 0.29) is 7.43 Å². The quantitative estimate of drug-likeness (QED) is 0.773. The lowest BCUT2D eigenvalue weighted by molar-refractivity contribution is 0.0259. The Morgan fingerprint density at radius 3 is 2.00 bits per heavy atom. The highest BCUT2D eigenvalue weighted by molar-refractivity contribution is 4.96. The van der Waals surface area contributed by atoms with Crippen LogP contribution in [0.3, 0.4) is 0 Å². The number of nitrogens with one attached hydrogen (secondary N) is 1. The van der Waals surface area contributed by atoms with Gasteiger partial charge in [0.1, 0.15) is 5.67 Å². The maximum Gasteiger partial charge on any atom is 0.148 e. The van der Waals surface area contributed by atoms with Gasteiger partial charge in [0.05, 0.1) is 0 Å². The Bertz CT molecular complexity index is 175. The van der Waals surface area contributed by atoms with Gasteiger partial charge in [0.15, 0.2) is 0 Å². The smallest absolute Gasteiger partial charge is 0.148 e. The van der Waals surface area contributed by atoms with Gasteiger partial charge in [0, 0.05) is 45.8 Å². The fourth-order valence-corrected chi connectivity index (χ4v) is 1.91. The molecule has 2 aliphatic heterocycles. The summed E-state index contributed by atoms with van der Waals surface area (Å²) < 4.78 is 13.7. The van der Waals surface area contributed by atoms with Crippen LogP contribution >= 0.6 is 0 Å². The summed E-state index contributed by atoms with van der Waals surface area (Å²) in [7, 11) is 2.12. The molecule has 0 atom stereocenters. The molecule has 0 bridgehead atoms. The van der Waals surface area contributed by atoms with E-state index >= 15 is 0 Å². The Morgan fingerprint density at radius 2 is 1.62 bits per heavy atom. The van der Waals surface area contributed by atoms with E-state index in [9.17, 15) is 4.39 Å². The summed E-state index contributed by atoms with van der Waals surface area (Å²) in [6.07, 6.45) is 0. The van der Waals surface area contributed by atoms with Crippen LogP contribution in [0.2, 0.25) is 0 Å². The van der Waals surface area contributed by atoms with E-state index in [4.69, 9.17) is 0 Å². The first-order valence-electron chi connectivity index (χ1n) is 5.99. The highest BCUT2D eigenvalue weighted by Gasteiger charge is 2.38. The average molecular weight is 233 g/mol. The van der Waals surface area contributed by atoms with Crippen molar-refractivity contribution in [2.45, 2.75) is 26.9 Å². The zero-order valence-corrected chi connectivity index (χ0v) is 10.2. The van der Waals surface area contributed by atoms with Gasteiger partial charge in [-0.25, -0.2) is 4.39 Å². The van der Waals surface area contributed by atoms with E-state index in [1.54, 1.807) is 0 Å². The topological polar surface area (TPSA) is 18.5 Å². The van der Waals surface area contributed by atoms with Gasteiger partial charge in [0.2, 0.25) is 0 Å². The minimum atomic E-state index is -0.935. The van der Waals surface area contributed by atoms with Crippen molar-refractivity contribution in [3.63, 3.8) is 0 Å². The Balaban J connectivity index is 0.000000711. The highest BCUT2D eigenvalue weighted by atomic mass is 19.1. The standard InChI is InChI=1S/C9H18FN3.C2H6.CH4/c1-12-2-4-13(5-3-12)8-9(10)6-11-7-9;1-2;/h11H,2-8H2,1H3;1-2H3;1H4. The van der Waals surface area contributed by atoms with Gasteiger partial charge < -0.3 is 10.2 Å². The number of rotatable bonds is 2. The molecule has 3 nitrogen and oxygen atoms in total. The van der Waals surface area contributed by atoms with E-state index in [1.807, 2.05) is 13.8 Å². The van der Waals surface area contributed by atoms with Crippen molar-refractivity contribution in [3.8, 4) is 0 Å². The summed E-state index contributed by atoms with van der Waals surface area (Å²) in [5, 5.41) is 2.99. The zero-order chi connectivity index (χ0) is 11.3. The number of piperazine rings is 1. The Hall–Kier alpha value is -0.190. The summed E-state index contributed by atoms with van der Waals surface area (Å²) >= 11 is 0. The fraction of sp³-hybridized carbons (Fsp3) is 1.00. The zero-order valence-electron chi connectivity index (χ0n) is 10.2. The molecule has 0 spiro atoms. The van der Waals surface area contributed by atoms with E-state index < -0.39 is 5.67 Å². The van der Waals surface area contributed by atoms with Gasteiger partial charge >= 0.3 is 0 Å². The molecule has 2 aliphatic rings. The van der Waals surface area contributed by atoms with Crippen molar-refractivity contribution in [2.75, 3.05) is 52.9 Å². The number of hydrogen-bond acceptors (Lipinski definition) is 3. The monoisotopic (exact) mass is 233 g/mol. The van der Waals surface area contributed by atoms with Crippen molar-refractivity contribution in [1.29, 1.82) is 0 Å². The third-order valence-electron chi connectivity index (χ3n) is 2.99. The lowest BCUT2D eigenvalue weighted by Gasteiger charge is -2.41. The molecule has 0 aromatic carbocycles. The molecule has 2 saturated heterocycles. The Morgan fingerprint density at radius 1 is 1.12 bits per heavy atom. The predicted molar refractivity (Wildman–Crippen MR) is 68.7 cm³/mol. The van der Waals surface area contributed by atoms with Crippen molar-refractivity contribution in [1.82, 2.24) is 15.1 Å². The maximum absolute atomic E-state index is 13.7. The van der Waals surface area contributed by atoms with Gasteiger partial charge in [-0.3, -0.25) is 4.90 Å². The number of nitrogens with zero attached hydrogens (tertiary/aromatic N) is 2. The third-order valence-corrected chi connectivity index (χ3v) is 2.99. The third kappa shape index (κ3) is 4.36. The molecule has 0 aliphatic carbocycles. The van der Waals surface area contributed by atoms with Crippen LogP contribution in [0, 0.1) is 0 Å². The Labute approximate surface area is 100.0 Å². The van der Waals surface area contributed by atoms with Crippen molar-refractivity contribution < 1.29 is 4.39 Å². The summed E-state index contributed by atoms with van der Waals surface area (Å²) in [6.45, 7) is 9.88. The first-order valence-corrected chi connectivity index (χ1v) is 5.99. The van der Waals surface area contributed by atoms with E-state index in [1.165, 1.54) is 0 Å². The number of alkyl halides is 1. The second-order valence-corrected chi connectivity index (χ2v) is 4.33. The Kier molecular flexibility index (Phi) is 7.11. The molecule has 2 rings (SSSR count). The van der Waals surface area contributed by atoms with Gasteiger partial charge in [-0.05, 0) is 7.05 Å². The van der Waals surface area contributed by atoms with Crippen LogP contribution < -0.4 is 5.32 Å². The maximum atomic E-state index is 13.7. The molecule has 16 heavy (non-hydrogen) atoms. The minimum absolute atomic E-state index is 0.